The zero-order valence-corrected chi connectivity index (χ0v) is 11.8. The Hall–Kier alpha value is -0.790. The minimum atomic E-state index is -0.649. The van der Waals surface area contributed by atoms with Gasteiger partial charge in [-0.3, -0.25) is 10.1 Å². The molecule has 1 saturated heterocycles. The second-order valence-corrected chi connectivity index (χ2v) is 6.51. The molecule has 7 heteroatoms. The summed E-state index contributed by atoms with van der Waals surface area (Å²) in [5, 5.41) is 21.3. The summed E-state index contributed by atoms with van der Waals surface area (Å²) in [7, 11) is 0. The topological polar surface area (TPSA) is 66.6 Å². The van der Waals surface area contributed by atoms with Crippen LogP contribution in [-0.2, 0) is 0 Å². The van der Waals surface area contributed by atoms with Crippen molar-refractivity contribution < 1.29 is 10.0 Å². The number of nitro groups is 1. The van der Waals surface area contributed by atoms with Crippen LogP contribution < -0.4 is 4.90 Å². The third kappa shape index (κ3) is 2.96. The minimum Gasteiger partial charge on any atom is -0.388 e. The Morgan fingerprint density at radius 3 is 2.94 bits per heavy atom. The lowest BCUT2D eigenvalue weighted by Crippen LogP contribution is -2.25. The van der Waals surface area contributed by atoms with Crippen molar-refractivity contribution in [2.45, 2.75) is 19.4 Å². The van der Waals surface area contributed by atoms with Crippen LogP contribution in [0.2, 0.25) is 0 Å². The maximum Gasteiger partial charge on any atom is 0.304 e. The minimum absolute atomic E-state index is 0.128. The van der Waals surface area contributed by atoms with E-state index in [0.29, 0.717) is 9.88 Å². The monoisotopic (exact) mass is 288 g/mol. The number of aliphatic hydroxyl groups is 1. The predicted molar refractivity (Wildman–Crippen MR) is 75.8 cm³/mol. The molecule has 1 aromatic rings. The third-order valence-electron chi connectivity index (χ3n) is 2.83. The van der Waals surface area contributed by atoms with E-state index in [1.807, 2.05) is 11.8 Å². The highest BCUT2D eigenvalue weighted by atomic mass is 32.2. The first-order valence-corrected chi connectivity index (χ1v) is 7.85. The smallest absolute Gasteiger partial charge is 0.304 e. The predicted octanol–water partition coefficient (Wildman–Crippen LogP) is 2.65. The number of anilines is 1. The zero-order chi connectivity index (χ0) is 13.1. The molecule has 1 fully saturated rings. The van der Waals surface area contributed by atoms with Crippen molar-refractivity contribution in [2.75, 3.05) is 29.5 Å². The number of thioether (sulfide) groups is 1. The van der Waals surface area contributed by atoms with Crippen LogP contribution in [0, 0.1) is 10.1 Å². The van der Waals surface area contributed by atoms with Gasteiger partial charge in [0.05, 0.1) is 11.0 Å². The van der Waals surface area contributed by atoms with Crippen molar-refractivity contribution in [2.24, 2.45) is 0 Å². The van der Waals surface area contributed by atoms with Crippen molar-refractivity contribution in [3.8, 4) is 0 Å². The van der Waals surface area contributed by atoms with Gasteiger partial charge in [-0.05, 0) is 19.1 Å². The lowest BCUT2D eigenvalue weighted by atomic mass is 10.3. The second kappa shape index (κ2) is 5.90. The van der Waals surface area contributed by atoms with E-state index in [4.69, 9.17) is 0 Å². The number of rotatable bonds is 3. The maximum absolute atomic E-state index is 11.1. The number of hydrogen-bond acceptors (Lipinski definition) is 6. The van der Waals surface area contributed by atoms with Crippen LogP contribution in [0.25, 0.3) is 0 Å². The van der Waals surface area contributed by atoms with E-state index in [1.165, 1.54) is 17.4 Å². The maximum atomic E-state index is 11.1. The fraction of sp³-hybridized carbons (Fsp3) is 0.636. The molecule has 1 aliphatic heterocycles. The summed E-state index contributed by atoms with van der Waals surface area (Å²) in [5.41, 5.74) is 0.128. The molecule has 0 aromatic carbocycles. The van der Waals surface area contributed by atoms with Gasteiger partial charge in [0.2, 0.25) is 0 Å². The van der Waals surface area contributed by atoms with Gasteiger partial charge in [-0.1, -0.05) is 0 Å². The molecule has 0 bridgehead atoms. The number of aliphatic hydroxyl groups excluding tert-OH is 1. The number of thiophene rings is 1. The molecule has 0 unspecified atom stereocenters. The highest BCUT2D eigenvalue weighted by Gasteiger charge is 2.25. The Kier molecular flexibility index (Phi) is 4.47. The van der Waals surface area contributed by atoms with Crippen molar-refractivity contribution in [3.05, 3.63) is 21.1 Å². The van der Waals surface area contributed by atoms with Crippen LogP contribution in [0.5, 0.6) is 0 Å². The Balaban J connectivity index is 2.31. The first-order valence-electron chi connectivity index (χ1n) is 5.88. The van der Waals surface area contributed by atoms with Gasteiger partial charge >= 0.3 is 5.69 Å². The molecule has 1 N–H and O–H groups in total. The van der Waals surface area contributed by atoms with Crippen molar-refractivity contribution in [1.29, 1.82) is 0 Å². The largest absolute Gasteiger partial charge is 0.388 e. The molecule has 0 radical (unpaired) electrons. The standard InChI is InChI=1S/C11H16N2O3S2/c1-8(14)10-7-9(13(15)16)11(18-10)12-3-2-5-17-6-4-12/h7-8,14H,2-6H2,1H3/t8-/m0/s1. The average molecular weight is 288 g/mol. The first-order chi connectivity index (χ1) is 8.59. The highest BCUT2D eigenvalue weighted by Crippen LogP contribution is 2.40. The molecule has 0 amide bonds. The van der Waals surface area contributed by atoms with Crippen molar-refractivity contribution in [1.82, 2.24) is 0 Å². The number of nitrogens with zero attached hydrogens (tertiary/aromatic N) is 2. The summed E-state index contributed by atoms with van der Waals surface area (Å²) >= 11 is 3.22. The first kappa shape index (κ1) is 13.6. The zero-order valence-electron chi connectivity index (χ0n) is 10.2. The van der Waals surface area contributed by atoms with Crippen molar-refractivity contribution >= 4 is 33.8 Å². The second-order valence-electron chi connectivity index (χ2n) is 4.23. The molecule has 5 nitrogen and oxygen atoms in total. The molecule has 1 aliphatic rings. The molecular weight excluding hydrogens is 272 g/mol. The van der Waals surface area contributed by atoms with Gasteiger partial charge in [-0.25, -0.2) is 0 Å². The average Bonchev–Trinajstić information content (AvgIpc) is 2.59. The lowest BCUT2D eigenvalue weighted by molar-refractivity contribution is -0.383. The normalized spacial score (nSPS) is 18.4. The lowest BCUT2D eigenvalue weighted by Gasteiger charge is -2.19. The van der Waals surface area contributed by atoms with E-state index >= 15 is 0 Å². The van der Waals surface area contributed by atoms with Gasteiger partial charge < -0.3 is 10.0 Å². The van der Waals surface area contributed by atoms with E-state index < -0.39 is 6.10 Å². The Morgan fingerprint density at radius 1 is 1.50 bits per heavy atom. The molecule has 18 heavy (non-hydrogen) atoms. The Labute approximate surface area is 114 Å². The van der Waals surface area contributed by atoms with Crippen LogP contribution in [0.3, 0.4) is 0 Å². The van der Waals surface area contributed by atoms with Gasteiger partial charge in [0, 0.05) is 29.8 Å². The summed E-state index contributed by atoms with van der Waals surface area (Å²) in [5.74, 6) is 2.11. The van der Waals surface area contributed by atoms with E-state index in [1.54, 1.807) is 6.92 Å². The van der Waals surface area contributed by atoms with E-state index in [-0.39, 0.29) is 10.6 Å². The quantitative estimate of drug-likeness (QED) is 0.684. The van der Waals surface area contributed by atoms with E-state index in [9.17, 15) is 15.2 Å². The molecule has 2 rings (SSSR count). The molecule has 0 aliphatic carbocycles. The third-order valence-corrected chi connectivity index (χ3v) is 5.23. The van der Waals surface area contributed by atoms with Crippen LogP contribution in [-0.4, -0.2) is 34.6 Å². The molecule has 100 valence electrons. The van der Waals surface area contributed by atoms with Crippen LogP contribution in [0.4, 0.5) is 10.7 Å². The van der Waals surface area contributed by atoms with Gasteiger partial charge in [0.25, 0.3) is 0 Å². The molecule has 0 spiro atoms. The Bertz CT molecular complexity index is 426. The van der Waals surface area contributed by atoms with Crippen LogP contribution in [0.1, 0.15) is 24.3 Å². The highest BCUT2D eigenvalue weighted by molar-refractivity contribution is 7.99. The van der Waals surface area contributed by atoms with Crippen LogP contribution >= 0.6 is 23.1 Å². The molecule has 2 heterocycles. The van der Waals surface area contributed by atoms with E-state index in [2.05, 4.69) is 4.90 Å². The molecule has 1 aromatic heterocycles. The number of hydrogen-bond donors (Lipinski definition) is 1. The summed E-state index contributed by atoms with van der Waals surface area (Å²) in [4.78, 5) is 13.5. The van der Waals surface area contributed by atoms with Gasteiger partial charge in [-0.15, -0.1) is 11.3 Å². The van der Waals surface area contributed by atoms with Crippen molar-refractivity contribution in [3.63, 3.8) is 0 Å². The fourth-order valence-electron chi connectivity index (χ4n) is 1.90. The van der Waals surface area contributed by atoms with Gasteiger partial charge in [0.1, 0.15) is 0 Å². The summed E-state index contributed by atoms with van der Waals surface area (Å²) in [6.07, 6.45) is 0.396. The Morgan fingerprint density at radius 2 is 2.28 bits per heavy atom. The molecular formula is C11H16N2O3S2. The summed E-state index contributed by atoms with van der Waals surface area (Å²) in [6, 6.07) is 1.50. The van der Waals surface area contributed by atoms with Crippen LogP contribution in [0.15, 0.2) is 6.07 Å². The summed E-state index contributed by atoms with van der Waals surface area (Å²) < 4.78 is 0. The molecule has 0 saturated carbocycles. The molecule has 1 atom stereocenters. The van der Waals surface area contributed by atoms with E-state index in [0.717, 1.165) is 31.0 Å². The SMILES string of the molecule is C[C@H](O)c1cc([N+](=O)[O-])c(N2CCCSCC2)s1. The summed E-state index contributed by atoms with van der Waals surface area (Å²) in [6.45, 7) is 3.33. The van der Waals surface area contributed by atoms with Gasteiger partial charge in [0.15, 0.2) is 5.00 Å². The fourth-order valence-corrected chi connectivity index (χ4v) is 3.90. The van der Waals surface area contributed by atoms with Gasteiger partial charge in [-0.2, -0.15) is 11.8 Å².